The number of aliphatic hydroxyl groups excluding tert-OH is 1. The van der Waals surface area contributed by atoms with Crippen LogP contribution in [0.1, 0.15) is 49.5 Å². The molecule has 1 saturated heterocycles. The standard InChI is InChI=1S/C23H25N3O5S/c27-19-17-11-32-22(15-1-3-16(4-2-15)26(30)31)25(17)21(29)18(19)20(28)24-23-8-12-5-13(9-23)7-14(6-12)10-23/h1-4,12-14,17,22,27H,5-11H2,(H,24,28)/t12?,13?,14?,17?,22-,23?/m0/s1. The molecule has 2 amide bonds. The van der Waals surface area contributed by atoms with Gasteiger partial charge < -0.3 is 15.3 Å². The summed E-state index contributed by atoms with van der Waals surface area (Å²) in [7, 11) is 0. The Bertz CT molecular complexity index is 1020. The Labute approximate surface area is 189 Å². The molecule has 0 radical (unpaired) electrons. The van der Waals surface area contributed by atoms with Gasteiger partial charge in [-0.1, -0.05) is 0 Å². The lowest BCUT2D eigenvalue weighted by molar-refractivity contribution is -0.384. The van der Waals surface area contributed by atoms with Crippen molar-refractivity contribution in [1.82, 2.24) is 10.2 Å². The Hall–Kier alpha value is -2.55. The summed E-state index contributed by atoms with van der Waals surface area (Å²) in [5.41, 5.74) is 0.362. The fraction of sp³-hybridized carbons (Fsp3) is 0.565. The normalized spacial score (nSPS) is 37.2. The number of nitrogens with one attached hydrogen (secondary N) is 1. The molecular weight excluding hydrogens is 430 g/mol. The largest absolute Gasteiger partial charge is 0.509 e. The molecule has 0 spiro atoms. The maximum absolute atomic E-state index is 13.3. The van der Waals surface area contributed by atoms with Gasteiger partial charge >= 0.3 is 0 Å². The molecule has 8 nitrogen and oxygen atoms in total. The molecule has 1 unspecified atom stereocenters. The predicted octanol–water partition coefficient (Wildman–Crippen LogP) is 3.45. The van der Waals surface area contributed by atoms with E-state index in [0.29, 0.717) is 23.5 Å². The van der Waals surface area contributed by atoms with E-state index < -0.39 is 22.8 Å². The van der Waals surface area contributed by atoms with E-state index in [1.165, 1.54) is 43.2 Å². The van der Waals surface area contributed by atoms with E-state index in [1.807, 2.05) is 0 Å². The number of fused-ring (bicyclic) bond motifs is 1. The zero-order chi connectivity index (χ0) is 22.2. The molecule has 5 fully saturated rings. The van der Waals surface area contributed by atoms with E-state index in [9.17, 15) is 24.8 Å². The highest BCUT2D eigenvalue weighted by Gasteiger charge is 2.54. The molecule has 32 heavy (non-hydrogen) atoms. The number of hydrogen-bond acceptors (Lipinski definition) is 6. The van der Waals surface area contributed by atoms with Crippen molar-refractivity contribution in [3.63, 3.8) is 0 Å². The van der Waals surface area contributed by atoms with Crippen LogP contribution < -0.4 is 5.32 Å². The number of rotatable bonds is 4. The number of thioether (sulfide) groups is 1. The number of carbonyl (C=O) groups excluding carboxylic acids is 2. The summed E-state index contributed by atoms with van der Waals surface area (Å²) in [6.45, 7) is 0. The molecule has 4 aliphatic carbocycles. The minimum atomic E-state index is -0.537. The van der Waals surface area contributed by atoms with Crippen molar-refractivity contribution in [3.05, 3.63) is 51.3 Å². The van der Waals surface area contributed by atoms with Gasteiger partial charge in [0.15, 0.2) is 0 Å². The van der Waals surface area contributed by atoms with E-state index in [1.54, 1.807) is 17.0 Å². The number of nitrogens with zero attached hydrogens (tertiary/aromatic N) is 2. The number of nitro benzene ring substituents is 1. The van der Waals surface area contributed by atoms with Crippen LogP contribution in [-0.2, 0) is 9.59 Å². The third-order valence-corrected chi connectivity index (χ3v) is 9.38. The van der Waals surface area contributed by atoms with Crippen LogP contribution in [0.25, 0.3) is 0 Å². The van der Waals surface area contributed by atoms with E-state index >= 15 is 0 Å². The summed E-state index contributed by atoms with van der Waals surface area (Å²) in [4.78, 5) is 38.6. The van der Waals surface area contributed by atoms with E-state index in [-0.39, 0.29) is 27.9 Å². The Morgan fingerprint density at radius 2 is 1.72 bits per heavy atom. The Morgan fingerprint density at radius 1 is 1.12 bits per heavy atom. The number of nitro groups is 1. The molecule has 7 rings (SSSR count). The van der Waals surface area contributed by atoms with Crippen molar-refractivity contribution in [2.45, 2.75) is 55.5 Å². The lowest BCUT2D eigenvalue weighted by atomic mass is 9.53. The van der Waals surface area contributed by atoms with Gasteiger partial charge in [-0.05, 0) is 74.0 Å². The molecule has 1 aromatic carbocycles. The zero-order valence-corrected chi connectivity index (χ0v) is 18.3. The number of carbonyl (C=O) groups is 2. The quantitative estimate of drug-likeness (QED) is 0.409. The van der Waals surface area contributed by atoms with Gasteiger partial charge in [-0.25, -0.2) is 0 Å². The summed E-state index contributed by atoms with van der Waals surface area (Å²) in [5.74, 6) is 1.42. The van der Waals surface area contributed by atoms with Gasteiger partial charge in [-0.2, -0.15) is 0 Å². The second kappa shape index (κ2) is 6.97. The van der Waals surface area contributed by atoms with Crippen molar-refractivity contribution in [1.29, 1.82) is 0 Å². The number of hydrogen-bond donors (Lipinski definition) is 2. The van der Waals surface area contributed by atoms with E-state index in [0.717, 1.165) is 24.8 Å². The lowest BCUT2D eigenvalue weighted by Crippen LogP contribution is -2.60. The molecule has 2 aliphatic heterocycles. The molecule has 0 aromatic heterocycles. The summed E-state index contributed by atoms with van der Waals surface area (Å²) in [5, 5.41) is 24.6. The molecule has 1 aromatic rings. The molecule has 168 valence electrons. The van der Waals surface area contributed by atoms with Crippen LogP contribution in [0.2, 0.25) is 0 Å². The maximum Gasteiger partial charge on any atom is 0.269 e. The zero-order valence-electron chi connectivity index (χ0n) is 17.5. The average molecular weight is 456 g/mol. The van der Waals surface area contributed by atoms with Crippen molar-refractivity contribution in [3.8, 4) is 0 Å². The summed E-state index contributed by atoms with van der Waals surface area (Å²) in [6, 6.07) is 5.56. The Balaban J connectivity index is 1.23. The maximum atomic E-state index is 13.3. The van der Waals surface area contributed by atoms with Crippen LogP contribution >= 0.6 is 11.8 Å². The van der Waals surface area contributed by atoms with Crippen LogP contribution in [0, 0.1) is 27.9 Å². The van der Waals surface area contributed by atoms with Gasteiger partial charge in [0.25, 0.3) is 17.5 Å². The minimum absolute atomic E-state index is 0.0161. The molecule has 4 bridgehead atoms. The second-order valence-electron chi connectivity index (χ2n) is 10.2. The molecule has 9 heteroatoms. The fourth-order valence-electron chi connectivity index (χ4n) is 7.17. The van der Waals surface area contributed by atoms with Crippen LogP contribution in [-0.4, -0.2) is 44.1 Å². The highest BCUT2D eigenvalue weighted by molar-refractivity contribution is 7.99. The number of non-ortho nitro benzene ring substituents is 1. The third kappa shape index (κ3) is 2.97. The number of amides is 2. The van der Waals surface area contributed by atoms with Gasteiger partial charge in [0.1, 0.15) is 22.7 Å². The Morgan fingerprint density at radius 3 is 2.28 bits per heavy atom. The van der Waals surface area contributed by atoms with Crippen LogP contribution in [0.4, 0.5) is 5.69 Å². The topological polar surface area (TPSA) is 113 Å². The first kappa shape index (κ1) is 20.1. The van der Waals surface area contributed by atoms with E-state index in [4.69, 9.17) is 0 Å². The minimum Gasteiger partial charge on any atom is -0.509 e. The van der Waals surface area contributed by atoms with Crippen molar-refractivity contribution < 1.29 is 19.6 Å². The first-order valence-electron chi connectivity index (χ1n) is 11.3. The first-order valence-corrected chi connectivity index (χ1v) is 12.3. The molecule has 6 aliphatic rings. The van der Waals surface area contributed by atoms with E-state index in [2.05, 4.69) is 5.32 Å². The van der Waals surface area contributed by atoms with Gasteiger partial charge in [-0.15, -0.1) is 11.8 Å². The van der Waals surface area contributed by atoms with Gasteiger partial charge in [-0.3, -0.25) is 19.7 Å². The number of aliphatic hydroxyl groups is 1. The smallest absolute Gasteiger partial charge is 0.269 e. The van der Waals surface area contributed by atoms with Gasteiger partial charge in [0.2, 0.25) is 0 Å². The Kier molecular flexibility index (Phi) is 4.38. The highest BCUT2D eigenvalue weighted by Crippen LogP contribution is 2.56. The monoisotopic (exact) mass is 455 g/mol. The van der Waals surface area contributed by atoms with Gasteiger partial charge in [0.05, 0.1) is 4.92 Å². The summed E-state index contributed by atoms with van der Waals surface area (Å²) in [6.07, 6.45) is 6.69. The molecule has 4 saturated carbocycles. The number of benzene rings is 1. The molecule has 2 atom stereocenters. The van der Waals surface area contributed by atoms with Crippen LogP contribution in [0.15, 0.2) is 35.6 Å². The van der Waals surface area contributed by atoms with Crippen molar-refractivity contribution in [2.24, 2.45) is 17.8 Å². The van der Waals surface area contributed by atoms with Crippen molar-refractivity contribution >= 4 is 29.3 Å². The first-order chi connectivity index (χ1) is 15.3. The average Bonchev–Trinajstić information content (AvgIpc) is 3.27. The molecule has 2 heterocycles. The van der Waals surface area contributed by atoms with Crippen molar-refractivity contribution in [2.75, 3.05) is 5.75 Å². The summed E-state index contributed by atoms with van der Waals surface area (Å²) < 4.78 is 0. The molecular formula is C23H25N3O5S. The second-order valence-corrected chi connectivity index (χ2v) is 11.3. The van der Waals surface area contributed by atoms with Crippen LogP contribution in [0.5, 0.6) is 0 Å². The fourth-order valence-corrected chi connectivity index (χ4v) is 8.60. The van der Waals surface area contributed by atoms with Gasteiger partial charge in [0, 0.05) is 23.4 Å². The van der Waals surface area contributed by atoms with Crippen LogP contribution in [0.3, 0.4) is 0 Å². The predicted molar refractivity (Wildman–Crippen MR) is 118 cm³/mol. The summed E-state index contributed by atoms with van der Waals surface area (Å²) >= 11 is 1.49. The SMILES string of the molecule is O=C(NC12CC3CC(CC(C3)C1)C2)C1=C(O)C2CS[C@@H](c3ccc([N+](=O)[O-])cc3)N2C1=O. The lowest BCUT2D eigenvalue weighted by Gasteiger charge is -2.56. The molecule has 2 N–H and O–H groups in total. The highest BCUT2D eigenvalue weighted by atomic mass is 32.2. The third-order valence-electron chi connectivity index (χ3n) is 8.05.